The SMILES string of the molecule is CCN1C2CC1CN(c1ccc([N+](=O)[O-])cc1)C2. The van der Waals surface area contributed by atoms with E-state index in [2.05, 4.69) is 16.7 Å². The Morgan fingerprint density at radius 1 is 1.28 bits per heavy atom. The van der Waals surface area contributed by atoms with E-state index in [1.807, 2.05) is 12.1 Å². The van der Waals surface area contributed by atoms with Gasteiger partial charge in [-0.3, -0.25) is 15.0 Å². The van der Waals surface area contributed by atoms with Crippen LogP contribution in [0.5, 0.6) is 0 Å². The number of hydrogen-bond donors (Lipinski definition) is 0. The number of nitro benzene ring substituents is 1. The lowest BCUT2D eigenvalue weighted by Gasteiger charge is -2.56. The predicted molar refractivity (Wildman–Crippen MR) is 69.9 cm³/mol. The second kappa shape index (κ2) is 4.24. The van der Waals surface area contributed by atoms with Crippen LogP contribution in [-0.2, 0) is 0 Å². The molecule has 2 unspecified atom stereocenters. The summed E-state index contributed by atoms with van der Waals surface area (Å²) in [5.74, 6) is 0. The Bertz CT molecular complexity index is 448. The molecule has 0 aliphatic carbocycles. The number of fused-ring (bicyclic) bond motifs is 2. The average Bonchev–Trinajstić information content (AvgIpc) is 2.39. The molecule has 5 heteroatoms. The zero-order valence-corrected chi connectivity index (χ0v) is 10.5. The van der Waals surface area contributed by atoms with Gasteiger partial charge in [-0.25, -0.2) is 0 Å². The molecule has 1 aromatic carbocycles. The Hall–Kier alpha value is -1.62. The highest BCUT2D eigenvalue weighted by Gasteiger charge is 2.43. The molecule has 3 aliphatic rings. The third-order valence-corrected chi connectivity index (χ3v) is 4.14. The molecular weight excluding hydrogens is 230 g/mol. The summed E-state index contributed by atoms with van der Waals surface area (Å²) in [6.07, 6.45) is 1.30. The number of piperazine rings is 1. The lowest BCUT2D eigenvalue weighted by molar-refractivity contribution is -0.384. The van der Waals surface area contributed by atoms with Gasteiger partial charge in [-0.1, -0.05) is 6.92 Å². The van der Waals surface area contributed by atoms with Crippen molar-refractivity contribution >= 4 is 11.4 Å². The summed E-state index contributed by atoms with van der Waals surface area (Å²) in [6, 6.07) is 8.24. The highest BCUT2D eigenvalue weighted by atomic mass is 16.6. The molecule has 0 N–H and O–H groups in total. The van der Waals surface area contributed by atoms with Gasteiger partial charge < -0.3 is 4.90 Å². The third-order valence-electron chi connectivity index (χ3n) is 4.14. The van der Waals surface area contributed by atoms with Crippen molar-refractivity contribution in [1.82, 2.24) is 4.90 Å². The topological polar surface area (TPSA) is 49.6 Å². The van der Waals surface area contributed by atoms with E-state index in [0.717, 1.165) is 25.3 Å². The molecule has 4 rings (SSSR count). The van der Waals surface area contributed by atoms with Crippen LogP contribution in [0.25, 0.3) is 0 Å². The molecule has 3 heterocycles. The largest absolute Gasteiger partial charge is 0.368 e. The van der Waals surface area contributed by atoms with Crippen LogP contribution in [-0.4, -0.2) is 41.5 Å². The summed E-state index contributed by atoms with van der Waals surface area (Å²) in [5, 5.41) is 10.6. The molecule has 2 bridgehead atoms. The van der Waals surface area contributed by atoms with E-state index in [1.54, 1.807) is 12.1 Å². The van der Waals surface area contributed by atoms with Crippen molar-refractivity contribution in [2.75, 3.05) is 24.5 Å². The highest BCUT2D eigenvalue weighted by molar-refractivity contribution is 5.52. The minimum absolute atomic E-state index is 0.163. The number of hydrogen-bond acceptors (Lipinski definition) is 4. The maximum absolute atomic E-state index is 10.6. The van der Waals surface area contributed by atoms with E-state index in [-0.39, 0.29) is 10.6 Å². The van der Waals surface area contributed by atoms with Gasteiger partial charge in [0, 0.05) is 43.0 Å². The van der Waals surface area contributed by atoms with Gasteiger partial charge in [-0.15, -0.1) is 0 Å². The van der Waals surface area contributed by atoms with Crippen LogP contribution in [0.1, 0.15) is 13.3 Å². The van der Waals surface area contributed by atoms with Crippen LogP contribution in [0.4, 0.5) is 11.4 Å². The second-order valence-corrected chi connectivity index (χ2v) is 5.05. The summed E-state index contributed by atoms with van der Waals surface area (Å²) >= 11 is 0. The fourth-order valence-electron chi connectivity index (χ4n) is 3.20. The van der Waals surface area contributed by atoms with Crippen LogP contribution in [0.2, 0.25) is 0 Å². The number of non-ortho nitro benzene ring substituents is 1. The minimum atomic E-state index is -0.351. The molecule has 96 valence electrons. The first-order valence-electron chi connectivity index (χ1n) is 6.44. The van der Waals surface area contributed by atoms with Crippen molar-refractivity contribution in [1.29, 1.82) is 0 Å². The van der Waals surface area contributed by atoms with Crippen LogP contribution < -0.4 is 4.90 Å². The Balaban J connectivity index is 1.71. The minimum Gasteiger partial charge on any atom is -0.368 e. The summed E-state index contributed by atoms with van der Waals surface area (Å²) in [4.78, 5) is 15.1. The Kier molecular flexibility index (Phi) is 2.70. The first-order valence-corrected chi connectivity index (χ1v) is 6.44. The number of benzene rings is 1. The van der Waals surface area contributed by atoms with Crippen LogP contribution in [0, 0.1) is 10.1 Å². The van der Waals surface area contributed by atoms with Gasteiger partial charge in [0.25, 0.3) is 5.69 Å². The Labute approximate surface area is 106 Å². The molecule has 0 amide bonds. The Morgan fingerprint density at radius 3 is 2.39 bits per heavy atom. The van der Waals surface area contributed by atoms with Crippen LogP contribution in [0.15, 0.2) is 24.3 Å². The zero-order chi connectivity index (χ0) is 12.7. The van der Waals surface area contributed by atoms with E-state index in [1.165, 1.54) is 6.42 Å². The van der Waals surface area contributed by atoms with Gasteiger partial charge in [0.15, 0.2) is 0 Å². The van der Waals surface area contributed by atoms with Crippen LogP contribution >= 0.6 is 0 Å². The predicted octanol–water partition coefficient (Wildman–Crippen LogP) is 1.88. The van der Waals surface area contributed by atoms with Crippen molar-refractivity contribution in [3.63, 3.8) is 0 Å². The Morgan fingerprint density at radius 2 is 1.89 bits per heavy atom. The van der Waals surface area contributed by atoms with Gasteiger partial charge in [-0.05, 0) is 25.1 Å². The second-order valence-electron chi connectivity index (χ2n) is 5.05. The van der Waals surface area contributed by atoms with Crippen molar-refractivity contribution < 1.29 is 4.92 Å². The average molecular weight is 247 g/mol. The van der Waals surface area contributed by atoms with E-state index in [0.29, 0.717) is 12.1 Å². The van der Waals surface area contributed by atoms with Crippen LogP contribution in [0.3, 0.4) is 0 Å². The van der Waals surface area contributed by atoms with E-state index in [4.69, 9.17) is 0 Å². The standard InChI is InChI=1S/C13H17N3O2/c1-2-15-12-7-13(15)9-14(8-12)10-3-5-11(6-4-10)16(17)18/h3-6,12-13H,2,7-9H2,1H3. The van der Waals surface area contributed by atoms with Crippen molar-refractivity contribution in [2.24, 2.45) is 0 Å². The quantitative estimate of drug-likeness (QED) is 0.604. The number of nitrogens with zero attached hydrogens (tertiary/aromatic N) is 3. The van der Waals surface area contributed by atoms with E-state index < -0.39 is 0 Å². The molecule has 1 aromatic rings. The summed E-state index contributed by atoms with van der Waals surface area (Å²) < 4.78 is 0. The molecule has 3 aliphatic heterocycles. The number of likely N-dealkylation sites (N-methyl/N-ethyl adjacent to an activating group) is 1. The molecule has 0 spiro atoms. The summed E-state index contributed by atoms with van der Waals surface area (Å²) in [7, 11) is 0. The molecule has 0 radical (unpaired) electrons. The maximum Gasteiger partial charge on any atom is 0.269 e. The first-order chi connectivity index (χ1) is 8.69. The maximum atomic E-state index is 10.6. The highest BCUT2D eigenvalue weighted by Crippen LogP contribution is 2.34. The molecule has 0 aromatic heterocycles. The van der Waals surface area contributed by atoms with Gasteiger partial charge in [0.2, 0.25) is 0 Å². The molecule has 5 nitrogen and oxygen atoms in total. The fourth-order valence-corrected chi connectivity index (χ4v) is 3.20. The molecule has 0 saturated carbocycles. The summed E-state index contributed by atoms with van der Waals surface area (Å²) in [6.45, 7) is 5.43. The number of nitro groups is 1. The van der Waals surface area contributed by atoms with Gasteiger partial charge in [-0.2, -0.15) is 0 Å². The number of anilines is 1. The third kappa shape index (κ3) is 1.75. The fraction of sp³-hybridized carbons (Fsp3) is 0.538. The van der Waals surface area contributed by atoms with E-state index >= 15 is 0 Å². The van der Waals surface area contributed by atoms with Gasteiger partial charge >= 0.3 is 0 Å². The number of piperidine rings is 1. The molecule has 18 heavy (non-hydrogen) atoms. The van der Waals surface area contributed by atoms with Gasteiger partial charge in [0.05, 0.1) is 4.92 Å². The molecule has 2 atom stereocenters. The molecular formula is C13H17N3O2. The van der Waals surface area contributed by atoms with E-state index in [9.17, 15) is 10.1 Å². The van der Waals surface area contributed by atoms with Crippen molar-refractivity contribution in [3.8, 4) is 0 Å². The lowest BCUT2D eigenvalue weighted by atomic mass is 9.87. The van der Waals surface area contributed by atoms with Gasteiger partial charge in [0.1, 0.15) is 0 Å². The summed E-state index contributed by atoms with van der Waals surface area (Å²) in [5.41, 5.74) is 1.27. The monoisotopic (exact) mass is 247 g/mol. The first kappa shape index (κ1) is 11.5. The normalized spacial score (nSPS) is 26.8. The lowest BCUT2D eigenvalue weighted by Crippen LogP contribution is -2.68. The number of rotatable bonds is 3. The zero-order valence-electron chi connectivity index (χ0n) is 10.5. The molecule has 3 fully saturated rings. The van der Waals surface area contributed by atoms with Crippen molar-refractivity contribution in [3.05, 3.63) is 34.4 Å². The smallest absolute Gasteiger partial charge is 0.269 e. The van der Waals surface area contributed by atoms with Crippen molar-refractivity contribution in [2.45, 2.75) is 25.4 Å². The molecule has 3 saturated heterocycles.